The van der Waals surface area contributed by atoms with Crippen LogP contribution < -0.4 is 5.32 Å². The molecule has 0 fully saturated rings. The molecule has 0 atom stereocenters. The summed E-state index contributed by atoms with van der Waals surface area (Å²) in [6.45, 7) is 0. The van der Waals surface area contributed by atoms with Crippen molar-refractivity contribution in [2.45, 2.75) is 0 Å². The van der Waals surface area contributed by atoms with Gasteiger partial charge in [-0.1, -0.05) is 0 Å². The van der Waals surface area contributed by atoms with E-state index in [1.165, 1.54) is 0 Å². The molecule has 2 rings (SSSR count). The number of rotatable bonds is 2. The number of aromatic nitrogens is 2. The van der Waals surface area contributed by atoms with E-state index in [1.807, 2.05) is 36.1 Å². The first kappa shape index (κ1) is 8.44. The predicted molar refractivity (Wildman–Crippen MR) is 58.2 cm³/mol. The highest BCUT2D eigenvalue weighted by molar-refractivity contribution is 7.80. The molecule has 1 N–H and O–H groups in total. The topological polar surface area (TPSA) is 29.9 Å². The number of anilines is 1. The Morgan fingerprint density at radius 3 is 3.15 bits per heavy atom. The van der Waals surface area contributed by atoms with Crippen molar-refractivity contribution in [3.05, 3.63) is 24.5 Å². The number of nitrogens with zero attached hydrogens (tertiary/aromatic N) is 2. The van der Waals surface area contributed by atoms with Crippen molar-refractivity contribution in [3.63, 3.8) is 0 Å². The summed E-state index contributed by atoms with van der Waals surface area (Å²) in [6, 6.07) is 6.10. The number of benzene rings is 1. The van der Waals surface area contributed by atoms with Crippen LogP contribution >= 0.6 is 12.6 Å². The third-order valence-electron chi connectivity index (χ3n) is 2.01. The maximum absolute atomic E-state index is 4.26. The normalized spacial score (nSPS) is 10.6. The van der Waals surface area contributed by atoms with Gasteiger partial charge in [0.15, 0.2) is 0 Å². The first-order chi connectivity index (χ1) is 6.31. The van der Waals surface area contributed by atoms with E-state index in [2.05, 4.69) is 22.9 Å². The molecule has 13 heavy (non-hydrogen) atoms. The second kappa shape index (κ2) is 3.30. The molecule has 0 spiro atoms. The Balaban J connectivity index is 2.50. The lowest BCUT2D eigenvalue weighted by atomic mass is 10.3. The van der Waals surface area contributed by atoms with E-state index in [4.69, 9.17) is 0 Å². The van der Waals surface area contributed by atoms with Crippen LogP contribution in [-0.4, -0.2) is 15.4 Å². The molecule has 1 heterocycles. The average Bonchev–Trinajstić information content (AvgIpc) is 2.48. The third-order valence-corrected chi connectivity index (χ3v) is 2.17. The third kappa shape index (κ3) is 1.49. The van der Waals surface area contributed by atoms with Gasteiger partial charge in [-0.25, -0.2) is 4.98 Å². The Bertz CT molecular complexity index is 422. The molecule has 3 nitrogen and oxygen atoms in total. The molecule has 68 valence electrons. The summed E-state index contributed by atoms with van der Waals surface area (Å²) in [5.41, 5.74) is 3.21. The van der Waals surface area contributed by atoms with Crippen LogP contribution in [0, 0.1) is 0 Å². The van der Waals surface area contributed by atoms with Crippen LogP contribution in [0.5, 0.6) is 0 Å². The summed E-state index contributed by atoms with van der Waals surface area (Å²) >= 11 is 4.09. The molecule has 1 aromatic carbocycles. The van der Waals surface area contributed by atoms with Crippen molar-refractivity contribution in [1.82, 2.24) is 9.55 Å². The van der Waals surface area contributed by atoms with Crippen LogP contribution in [0.2, 0.25) is 0 Å². The van der Waals surface area contributed by atoms with E-state index >= 15 is 0 Å². The number of hydrogen-bond donors (Lipinski definition) is 2. The molecule has 0 amide bonds. The van der Waals surface area contributed by atoms with E-state index in [0.29, 0.717) is 5.88 Å². The summed E-state index contributed by atoms with van der Waals surface area (Å²) in [7, 11) is 1.99. The maximum Gasteiger partial charge on any atom is 0.0955 e. The Hall–Kier alpha value is -1.16. The van der Waals surface area contributed by atoms with Crippen molar-refractivity contribution in [3.8, 4) is 0 Å². The first-order valence-corrected chi connectivity index (χ1v) is 4.70. The second-order valence-corrected chi connectivity index (χ2v) is 3.21. The zero-order valence-electron chi connectivity index (χ0n) is 7.36. The number of nitrogens with one attached hydrogen (secondary N) is 1. The average molecular weight is 193 g/mol. The number of aryl methyl sites for hydroxylation is 1. The monoisotopic (exact) mass is 193 g/mol. The molecule has 0 aliphatic carbocycles. The van der Waals surface area contributed by atoms with Crippen molar-refractivity contribution < 1.29 is 0 Å². The van der Waals surface area contributed by atoms with Crippen molar-refractivity contribution in [2.24, 2.45) is 7.05 Å². The van der Waals surface area contributed by atoms with Gasteiger partial charge < -0.3 is 9.88 Å². The van der Waals surface area contributed by atoms with E-state index in [9.17, 15) is 0 Å². The van der Waals surface area contributed by atoms with E-state index in [-0.39, 0.29) is 0 Å². The predicted octanol–water partition coefficient (Wildman–Crippen LogP) is 1.87. The highest BCUT2D eigenvalue weighted by atomic mass is 32.1. The molecule has 0 saturated carbocycles. The quantitative estimate of drug-likeness (QED) is 0.563. The zero-order valence-corrected chi connectivity index (χ0v) is 8.25. The van der Waals surface area contributed by atoms with Crippen LogP contribution in [0.4, 0.5) is 5.69 Å². The van der Waals surface area contributed by atoms with Crippen LogP contribution in [0.25, 0.3) is 11.0 Å². The SMILES string of the molecule is Cn1cnc2cc(NCS)ccc21. The molecule has 0 aliphatic heterocycles. The van der Waals surface area contributed by atoms with Gasteiger partial charge >= 0.3 is 0 Å². The van der Waals surface area contributed by atoms with Crippen molar-refractivity contribution in [1.29, 1.82) is 0 Å². The van der Waals surface area contributed by atoms with Gasteiger partial charge in [-0.15, -0.1) is 0 Å². The van der Waals surface area contributed by atoms with Gasteiger partial charge in [0.2, 0.25) is 0 Å². The molecule has 0 aliphatic rings. The molecule has 4 heteroatoms. The molecule has 0 bridgehead atoms. The van der Waals surface area contributed by atoms with Gasteiger partial charge in [-0.05, 0) is 18.2 Å². The maximum atomic E-state index is 4.26. The highest BCUT2D eigenvalue weighted by Crippen LogP contribution is 2.16. The standard InChI is InChI=1S/C9H11N3S/c1-12-5-10-8-4-7(11-6-13)2-3-9(8)12/h2-5,11,13H,6H2,1H3. The summed E-state index contributed by atoms with van der Waals surface area (Å²) in [5, 5.41) is 3.12. The summed E-state index contributed by atoms with van der Waals surface area (Å²) < 4.78 is 2.00. The number of thiol groups is 1. The van der Waals surface area contributed by atoms with Crippen molar-refractivity contribution in [2.75, 3.05) is 11.2 Å². The minimum absolute atomic E-state index is 0.637. The largest absolute Gasteiger partial charge is 0.376 e. The summed E-state index contributed by atoms with van der Waals surface area (Å²) in [5.74, 6) is 0.637. The molecular formula is C9H11N3S. The van der Waals surface area contributed by atoms with Gasteiger partial charge in [0, 0.05) is 12.7 Å². The Morgan fingerprint density at radius 1 is 1.54 bits per heavy atom. The Morgan fingerprint density at radius 2 is 2.38 bits per heavy atom. The van der Waals surface area contributed by atoms with Gasteiger partial charge in [0.05, 0.1) is 23.2 Å². The number of hydrogen-bond acceptors (Lipinski definition) is 3. The number of imidazole rings is 1. The summed E-state index contributed by atoms with van der Waals surface area (Å²) in [6.07, 6.45) is 1.81. The van der Waals surface area contributed by atoms with E-state index in [1.54, 1.807) is 0 Å². The van der Waals surface area contributed by atoms with Gasteiger partial charge in [0.1, 0.15) is 0 Å². The first-order valence-electron chi connectivity index (χ1n) is 4.07. The van der Waals surface area contributed by atoms with E-state index in [0.717, 1.165) is 16.7 Å². The van der Waals surface area contributed by atoms with Gasteiger partial charge in [-0.2, -0.15) is 12.6 Å². The fourth-order valence-corrected chi connectivity index (χ4v) is 1.52. The van der Waals surface area contributed by atoms with Gasteiger partial charge in [0.25, 0.3) is 0 Å². The molecule has 2 aromatic rings. The minimum Gasteiger partial charge on any atom is -0.376 e. The lowest BCUT2D eigenvalue weighted by Crippen LogP contribution is -1.93. The van der Waals surface area contributed by atoms with Crippen LogP contribution in [-0.2, 0) is 7.05 Å². The summed E-state index contributed by atoms with van der Waals surface area (Å²) in [4.78, 5) is 4.26. The second-order valence-electron chi connectivity index (χ2n) is 2.89. The van der Waals surface area contributed by atoms with Crippen LogP contribution in [0.3, 0.4) is 0 Å². The van der Waals surface area contributed by atoms with Crippen LogP contribution in [0.15, 0.2) is 24.5 Å². The molecular weight excluding hydrogens is 182 g/mol. The number of fused-ring (bicyclic) bond motifs is 1. The zero-order chi connectivity index (χ0) is 9.26. The smallest absolute Gasteiger partial charge is 0.0955 e. The minimum atomic E-state index is 0.637. The van der Waals surface area contributed by atoms with E-state index < -0.39 is 0 Å². The lowest BCUT2D eigenvalue weighted by molar-refractivity contribution is 0.948. The van der Waals surface area contributed by atoms with Crippen LogP contribution in [0.1, 0.15) is 0 Å². The lowest BCUT2D eigenvalue weighted by Gasteiger charge is -2.01. The fraction of sp³-hybridized carbons (Fsp3) is 0.222. The Labute approximate surface area is 82.2 Å². The van der Waals surface area contributed by atoms with Gasteiger partial charge in [-0.3, -0.25) is 0 Å². The molecule has 0 unspecified atom stereocenters. The Kier molecular flexibility index (Phi) is 2.14. The molecule has 1 aromatic heterocycles. The molecule has 0 saturated heterocycles. The highest BCUT2D eigenvalue weighted by Gasteiger charge is 1.99. The molecule has 0 radical (unpaired) electrons. The van der Waals surface area contributed by atoms with Crippen molar-refractivity contribution >= 4 is 29.3 Å². The fourth-order valence-electron chi connectivity index (χ4n) is 1.34.